The van der Waals surface area contributed by atoms with Crippen molar-refractivity contribution < 1.29 is 13.6 Å². The largest absolute Gasteiger partial charge is 0.343 e. The maximum absolute atomic E-state index is 14.0. The molecule has 0 radical (unpaired) electrons. The molecule has 0 aliphatic heterocycles. The van der Waals surface area contributed by atoms with E-state index in [1.807, 2.05) is 12.1 Å². The summed E-state index contributed by atoms with van der Waals surface area (Å²) in [5.41, 5.74) is 0.748. The highest BCUT2D eigenvalue weighted by molar-refractivity contribution is 7.15. The van der Waals surface area contributed by atoms with Gasteiger partial charge in [-0.25, -0.2) is 9.37 Å². The summed E-state index contributed by atoms with van der Waals surface area (Å²) >= 11 is 7.45. The van der Waals surface area contributed by atoms with Gasteiger partial charge in [-0.3, -0.25) is 9.59 Å². The van der Waals surface area contributed by atoms with E-state index in [0.717, 1.165) is 31.6 Å². The van der Waals surface area contributed by atoms with Gasteiger partial charge in [-0.2, -0.15) is 14.2 Å². The summed E-state index contributed by atoms with van der Waals surface area (Å²) in [6.45, 7) is 2.26. The monoisotopic (exact) mass is 515 g/mol. The van der Waals surface area contributed by atoms with E-state index < -0.39 is 29.3 Å². The van der Waals surface area contributed by atoms with E-state index in [4.69, 9.17) is 11.6 Å². The van der Waals surface area contributed by atoms with Crippen LogP contribution in [0.1, 0.15) is 33.9 Å². The molecule has 0 bridgehead atoms. The lowest BCUT2D eigenvalue weighted by atomic mass is 10.1. The Kier molecular flexibility index (Phi) is 7.34. The number of nitrogens with zero attached hydrogens (tertiary/aromatic N) is 3. The molecule has 4 rings (SSSR count). The van der Waals surface area contributed by atoms with Gasteiger partial charge in [0.2, 0.25) is 5.95 Å². The first-order valence-corrected chi connectivity index (χ1v) is 11.7. The van der Waals surface area contributed by atoms with Crippen molar-refractivity contribution in [3.63, 3.8) is 0 Å². The minimum absolute atomic E-state index is 0.0300. The fourth-order valence-electron chi connectivity index (χ4n) is 3.47. The van der Waals surface area contributed by atoms with Gasteiger partial charge in [0.25, 0.3) is 11.5 Å². The van der Waals surface area contributed by atoms with Gasteiger partial charge in [0.05, 0.1) is 11.1 Å². The van der Waals surface area contributed by atoms with Crippen molar-refractivity contribution in [3.8, 4) is 16.1 Å². The second kappa shape index (κ2) is 10.4. The summed E-state index contributed by atoms with van der Waals surface area (Å²) in [4.78, 5) is 30.3. The molecule has 35 heavy (non-hydrogen) atoms. The van der Waals surface area contributed by atoms with Crippen molar-refractivity contribution in [1.29, 1.82) is 0 Å². The Morgan fingerprint density at radius 1 is 1.20 bits per heavy atom. The number of thiophene rings is 1. The fourth-order valence-corrected chi connectivity index (χ4v) is 4.69. The third-order valence-corrected chi connectivity index (χ3v) is 6.77. The van der Waals surface area contributed by atoms with Gasteiger partial charge in [-0.15, -0.1) is 11.3 Å². The first-order chi connectivity index (χ1) is 16.8. The smallest absolute Gasteiger partial charge is 0.272 e. The topological polar surface area (TPSA) is 88.9 Å². The Morgan fingerprint density at radius 3 is 2.74 bits per heavy atom. The Balaban J connectivity index is 1.56. The molecule has 1 aromatic carbocycles. The van der Waals surface area contributed by atoms with Gasteiger partial charge in [-0.05, 0) is 67.6 Å². The zero-order chi connectivity index (χ0) is 25.1. The number of halogens is 3. The highest BCUT2D eigenvalue weighted by Crippen LogP contribution is 2.36. The zero-order valence-corrected chi connectivity index (χ0v) is 20.3. The molecule has 3 aromatic heterocycles. The molecule has 7 nitrogen and oxygen atoms in total. The average molecular weight is 516 g/mol. The minimum Gasteiger partial charge on any atom is -0.343 e. The number of pyridine rings is 1. The highest BCUT2D eigenvalue weighted by Gasteiger charge is 2.18. The molecule has 3 heterocycles. The maximum Gasteiger partial charge on any atom is 0.272 e. The maximum atomic E-state index is 14.0. The summed E-state index contributed by atoms with van der Waals surface area (Å²) in [5, 5.41) is 9.90. The van der Waals surface area contributed by atoms with E-state index in [1.165, 1.54) is 41.8 Å². The Morgan fingerprint density at radius 2 is 2.00 bits per heavy atom. The van der Waals surface area contributed by atoms with E-state index in [1.54, 1.807) is 20.0 Å². The van der Waals surface area contributed by atoms with Crippen LogP contribution in [0.5, 0.6) is 0 Å². The number of rotatable bonds is 7. The third-order valence-electron chi connectivity index (χ3n) is 5.18. The summed E-state index contributed by atoms with van der Waals surface area (Å²) in [5.74, 6) is -1.90. The molecule has 1 amide bonds. The van der Waals surface area contributed by atoms with E-state index >= 15 is 0 Å². The SMILES string of the molecule is CNCc1cc(F)c(Cl)cc1-c1ccc([C@@H](C)NC(=O)c2ccc(=O)n(-c3cccnc3F)n2)s1. The van der Waals surface area contributed by atoms with Crippen LogP contribution in [0.15, 0.2) is 59.5 Å². The van der Waals surface area contributed by atoms with Gasteiger partial charge < -0.3 is 10.6 Å². The summed E-state index contributed by atoms with van der Waals surface area (Å²) in [6.07, 6.45) is 1.25. The Bertz CT molecular complexity index is 1460. The molecule has 0 aliphatic rings. The molecule has 0 aliphatic carbocycles. The summed E-state index contributed by atoms with van der Waals surface area (Å²) < 4.78 is 28.8. The van der Waals surface area contributed by atoms with Crippen LogP contribution >= 0.6 is 22.9 Å². The zero-order valence-electron chi connectivity index (χ0n) is 18.7. The van der Waals surface area contributed by atoms with Crippen LogP contribution in [-0.2, 0) is 6.54 Å². The molecule has 180 valence electrons. The van der Waals surface area contributed by atoms with E-state index in [0.29, 0.717) is 6.54 Å². The van der Waals surface area contributed by atoms with Gasteiger partial charge in [0.15, 0.2) is 0 Å². The molecule has 0 saturated heterocycles. The molecule has 4 aromatic rings. The number of aromatic nitrogens is 3. The summed E-state index contributed by atoms with van der Waals surface area (Å²) in [6, 6.07) is 11.6. The molecule has 1 atom stereocenters. The van der Waals surface area contributed by atoms with Crippen molar-refractivity contribution >= 4 is 28.8 Å². The molecular formula is C24H20ClF2N5O2S. The van der Waals surface area contributed by atoms with E-state index in [9.17, 15) is 18.4 Å². The van der Waals surface area contributed by atoms with Crippen LogP contribution in [0, 0.1) is 11.8 Å². The molecule has 0 unspecified atom stereocenters. The van der Waals surface area contributed by atoms with Crippen molar-refractivity contribution in [2.75, 3.05) is 7.05 Å². The van der Waals surface area contributed by atoms with E-state index in [-0.39, 0.29) is 16.4 Å². The number of hydrogen-bond acceptors (Lipinski definition) is 6. The van der Waals surface area contributed by atoms with Crippen molar-refractivity contribution in [2.45, 2.75) is 19.5 Å². The average Bonchev–Trinajstić information content (AvgIpc) is 3.32. The van der Waals surface area contributed by atoms with Crippen LogP contribution in [0.4, 0.5) is 8.78 Å². The number of amides is 1. The molecule has 11 heteroatoms. The van der Waals surface area contributed by atoms with Crippen LogP contribution in [0.3, 0.4) is 0 Å². The first-order valence-electron chi connectivity index (χ1n) is 10.5. The Hall–Kier alpha value is -3.47. The van der Waals surface area contributed by atoms with Crippen LogP contribution in [-0.4, -0.2) is 27.7 Å². The van der Waals surface area contributed by atoms with Crippen LogP contribution in [0.2, 0.25) is 5.02 Å². The lowest BCUT2D eigenvalue weighted by Crippen LogP contribution is -2.30. The normalized spacial score (nSPS) is 11.9. The highest BCUT2D eigenvalue weighted by atomic mass is 35.5. The molecular weight excluding hydrogens is 496 g/mol. The van der Waals surface area contributed by atoms with Gasteiger partial charge >= 0.3 is 0 Å². The van der Waals surface area contributed by atoms with E-state index in [2.05, 4.69) is 20.7 Å². The van der Waals surface area contributed by atoms with Crippen molar-refractivity contribution in [3.05, 3.63) is 98.0 Å². The number of hydrogen-bond donors (Lipinski definition) is 2. The number of nitrogens with one attached hydrogen (secondary N) is 2. The van der Waals surface area contributed by atoms with Gasteiger partial charge in [-0.1, -0.05) is 11.6 Å². The third kappa shape index (κ3) is 5.29. The van der Waals surface area contributed by atoms with Gasteiger partial charge in [0, 0.05) is 28.6 Å². The number of benzene rings is 1. The first kappa shape index (κ1) is 24.6. The summed E-state index contributed by atoms with van der Waals surface area (Å²) in [7, 11) is 1.77. The minimum atomic E-state index is -0.877. The second-order valence-corrected chi connectivity index (χ2v) is 9.16. The molecule has 0 fully saturated rings. The molecule has 2 N–H and O–H groups in total. The molecule has 0 saturated carbocycles. The number of carbonyl (C=O) groups is 1. The van der Waals surface area contributed by atoms with Crippen LogP contribution < -0.4 is 16.2 Å². The standard InChI is InChI=1S/C24H20ClF2N5O2S/c1-13(20-6-7-21(35-20)15-11-16(25)17(26)10-14(15)12-28-2)30-24(34)18-5-8-22(33)32(31-18)19-4-3-9-29-23(19)27/h3-11,13,28H,12H2,1-2H3,(H,30,34)/t13-/m1/s1. The number of carbonyl (C=O) groups excluding carboxylic acids is 1. The van der Waals surface area contributed by atoms with Crippen LogP contribution in [0.25, 0.3) is 16.1 Å². The van der Waals surface area contributed by atoms with Crippen molar-refractivity contribution in [2.24, 2.45) is 0 Å². The quantitative estimate of drug-likeness (QED) is 0.354. The second-order valence-electron chi connectivity index (χ2n) is 7.63. The van der Waals surface area contributed by atoms with Gasteiger partial charge in [0.1, 0.15) is 17.2 Å². The molecule has 0 spiro atoms. The predicted octanol–water partition coefficient (Wildman–Crippen LogP) is 4.50. The predicted molar refractivity (Wildman–Crippen MR) is 131 cm³/mol. The van der Waals surface area contributed by atoms with Crippen molar-refractivity contribution in [1.82, 2.24) is 25.4 Å². The lowest BCUT2D eigenvalue weighted by molar-refractivity contribution is 0.0933. The fraction of sp³-hybridized carbons (Fsp3) is 0.167. The lowest BCUT2D eigenvalue weighted by Gasteiger charge is -2.13. The Labute approximate surface area is 208 Å².